The van der Waals surface area contributed by atoms with Gasteiger partial charge in [-0.3, -0.25) is 9.59 Å². The lowest BCUT2D eigenvalue weighted by Crippen LogP contribution is -2.17. The van der Waals surface area contributed by atoms with E-state index in [-0.39, 0.29) is 18.1 Å². The molecule has 1 aromatic carbocycles. The van der Waals surface area contributed by atoms with Crippen molar-refractivity contribution in [2.75, 3.05) is 5.32 Å². The summed E-state index contributed by atoms with van der Waals surface area (Å²) < 4.78 is 0. The molecule has 1 amide bonds. The molecule has 0 atom stereocenters. The number of carbonyl (C=O) groups excluding carboxylic acids is 2. The Morgan fingerprint density at radius 3 is 2.59 bits per heavy atom. The summed E-state index contributed by atoms with van der Waals surface area (Å²) in [7, 11) is 0. The topological polar surface area (TPSA) is 46.2 Å². The predicted octanol–water partition coefficient (Wildman–Crippen LogP) is 2.69. The summed E-state index contributed by atoms with van der Waals surface area (Å²) in [4.78, 5) is 23.3. The van der Waals surface area contributed by atoms with Gasteiger partial charge in [-0.1, -0.05) is 24.3 Å². The molecule has 0 fully saturated rings. The van der Waals surface area contributed by atoms with Crippen molar-refractivity contribution in [3.05, 3.63) is 42.0 Å². The van der Waals surface area contributed by atoms with Gasteiger partial charge in [0.1, 0.15) is 0 Å². The third-order valence-electron chi connectivity index (χ3n) is 2.78. The van der Waals surface area contributed by atoms with E-state index in [0.29, 0.717) is 0 Å². The number of carbonyl (C=O) groups is 2. The monoisotopic (exact) mass is 229 g/mol. The molecule has 0 heterocycles. The Morgan fingerprint density at radius 1 is 1.18 bits per heavy atom. The van der Waals surface area contributed by atoms with Crippen LogP contribution in [0.4, 0.5) is 5.69 Å². The molecule has 17 heavy (non-hydrogen) atoms. The van der Waals surface area contributed by atoms with Gasteiger partial charge in [0.05, 0.1) is 6.42 Å². The lowest BCUT2D eigenvalue weighted by molar-refractivity contribution is -0.123. The second-order valence-electron chi connectivity index (χ2n) is 4.14. The molecule has 0 spiro atoms. The quantitative estimate of drug-likeness (QED) is 0.807. The van der Waals surface area contributed by atoms with Gasteiger partial charge in [0.25, 0.3) is 0 Å². The van der Waals surface area contributed by atoms with Gasteiger partial charge in [-0.2, -0.15) is 0 Å². The Kier molecular flexibility index (Phi) is 3.70. The summed E-state index contributed by atoms with van der Waals surface area (Å²) in [5.74, 6) is -0.287. The molecule has 0 aliphatic heterocycles. The molecule has 3 nitrogen and oxygen atoms in total. The van der Waals surface area contributed by atoms with Crippen LogP contribution in [0.1, 0.15) is 25.7 Å². The number of Topliss-reactive ketones (excluding diaryl/α,β-unsaturated/α-hetero) is 1. The van der Waals surface area contributed by atoms with Crippen molar-refractivity contribution in [2.24, 2.45) is 0 Å². The van der Waals surface area contributed by atoms with Crippen molar-refractivity contribution in [1.29, 1.82) is 0 Å². The molecule has 0 radical (unpaired) electrons. The molecule has 2 rings (SSSR count). The molecular formula is C14H15NO2. The summed E-state index contributed by atoms with van der Waals surface area (Å²) in [6.07, 6.45) is 4.69. The van der Waals surface area contributed by atoms with E-state index in [1.54, 1.807) is 12.1 Å². The minimum atomic E-state index is -0.242. The fourth-order valence-corrected chi connectivity index (χ4v) is 1.91. The lowest BCUT2D eigenvalue weighted by Gasteiger charge is -2.04. The third-order valence-corrected chi connectivity index (χ3v) is 2.78. The van der Waals surface area contributed by atoms with Crippen LogP contribution in [-0.4, -0.2) is 11.7 Å². The molecule has 1 N–H and O–H groups in total. The van der Waals surface area contributed by atoms with Crippen LogP contribution in [-0.2, 0) is 9.59 Å². The zero-order valence-electron chi connectivity index (χ0n) is 9.61. The SMILES string of the molecule is O=C(CC(=O)C1=CCCC1)Nc1ccccc1. The first kappa shape index (κ1) is 11.6. The minimum absolute atomic E-state index is 0.0454. The van der Waals surface area contributed by atoms with Gasteiger partial charge in [-0.15, -0.1) is 0 Å². The van der Waals surface area contributed by atoms with Crippen molar-refractivity contribution < 1.29 is 9.59 Å². The zero-order chi connectivity index (χ0) is 12.1. The van der Waals surface area contributed by atoms with E-state index in [4.69, 9.17) is 0 Å². The van der Waals surface area contributed by atoms with E-state index in [0.717, 1.165) is 30.5 Å². The molecule has 0 unspecified atom stereocenters. The molecule has 3 heteroatoms. The van der Waals surface area contributed by atoms with E-state index < -0.39 is 0 Å². The van der Waals surface area contributed by atoms with Crippen molar-refractivity contribution in [3.63, 3.8) is 0 Å². The molecule has 0 saturated heterocycles. The number of anilines is 1. The molecule has 0 aromatic heterocycles. The van der Waals surface area contributed by atoms with Crippen LogP contribution in [0.2, 0.25) is 0 Å². The molecular weight excluding hydrogens is 214 g/mol. The number of hydrogen-bond donors (Lipinski definition) is 1. The number of hydrogen-bond acceptors (Lipinski definition) is 2. The van der Waals surface area contributed by atoms with Crippen molar-refractivity contribution in [3.8, 4) is 0 Å². The number of allylic oxidation sites excluding steroid dienone is 2. The van der Waals surface area contributed by atoms with Gasteiger partial charge in [0.15, 0.2) is 5.78 Å². The first-order valence-corrected chi connectivity index (χ1v) is 5.83. The normalized spacial score (nSPS) is 14.2. The van der Waals surface area contributed by atoms with E-state index >= 15 is 0 Å². The van der Waals surface area contributed by atoms with Crippen molar-refractivity contribution >= 4 is 17.4 Å². The zero-order valence-corrected chi connectivity index (χ0v) is 9.61. The van der Waals surface area contributed by atoms with Gasteiger partial charge in [0.2, 0.25) is 5.91 Å². The fraction of sp³-hybridized carbons (Fsp3) is 0.286. The van der Waals surface area contributed by atoms with Crippen LogP contribution in [0.5, 0.6) is 0 Å². The van der Waals surface area contributed by atoms with E-state index in [2.05, 4.69) is 5.32 Å². The number of benzene rings is 1. The van der Waals surface area contributed by atoms with Crippen LogP contribution in [0.25, 0.3) is 0 Å². The number of rotatable bonds is 4. The number of ketones is 1. The van der Waals surface area contributed by atoms with Crippen LogP contribution < -0.4 is 5.32 Å². The van der Waals surface area contributed by atoms with E-state index in [1.807, 2.05) is 24.3 Å². The number of amides is 1. The van der Waals surface area contributed by atoms with Crippen LogP contribution >= 0.6 is 0 Å². The molecule has 0 saturated carbocycles. The highest BCUT2D eigenvalue weighted by Gasteiger charge is 2.16. The van der Waals surface area contributed by atoms with E-state index in [9.17, 15) is 9.59 Å². The highest BCUT2D eigenvalue weighted by molar-refractivity contribution is 6.10. The lowest BCUT2D eigenvalue weighted by atomic mass is 10.1. The Balaban J connectivity index is 1.87. The van der Waals surface area contributed by atoms with E-state index in [1.165, 1.54) is 0 Å². The third kappa shape index (κ3) is 3.28. The number of nitrogens with one attached hydrogen (secondary N) is 1. The Morgan fingerprint density at radius 2 is 1.94 bits per heavy atom. The maximum Gasteiger partial charge on any atom is 0.232 e. The number of para-hydroxylation sites is 1. The highest BCUT2D eigenvalue weighted by atomic mass is 16.2. The highest BCUT2D eigenvalue weighted by Crippen LogP contribution is 2.19. The van der Waals surface area contributed by atoms with Crippen molar-refractivity contribution in [2.45, 2.75) is 25.7 Å². The molecule has 0 bridgehead atoms. The second kappa shape index (κ2) is 5.43. The van der Waals surface area contributed by atoms with Gasteiger partial charge in [0, 0.05) is 5.69 Å². The Hall–Kier alpha value is -1.90. The maximum atomic E-state index is 11.7. The Bertz CT molecular complexity index is 449. The predicted molar refractivity (Wildman–Crippen MR) is 66.6 cm³/mol. The van der Waals surface area contributed by atoms with Gasteiger partial charge in [-0.25, -0.2) is 0 Å². The molecule has 1 aliphatic carbocycles. The summed E-state index contributed by atoms with van der Waals surface area (Å²) in [6.45, 7) is 0. The Labute approximate surface area is 101 Å². The van der Waals surface area contributed by atoms with Crippen LogP contribution in [0.3, 0.4) is 0 Å². The van der Waals surface area contributed by atoms with Crippen molar-refractivity contribution in [1.82, 2.24) is 0 Å². The summed E-state index contributed by atoms with van der Waals surface area (Å²) in [5, 5.41) is 2.71. The molecule has 88 valence electrons. The van der Waals surface area contributed by atoms with Gasteiger partial charge >= 0.3 is 0 Å². The summed E-state index contributed by atoms with van der Waals surface area (Å²) >= 11 is 0. The first-order valence-electron chi connectivity index (χ1n) is 5.83. The van der Waals surface area contributed by atoms with Crippen LogP contribution in [0, 0.1) is 0 Å². The minimum Gasteiger partial charge on any atom is -0.326 e. The first-order chi connectivity index (χ1) is 8.25. The van der Waals surface area contributed by atoms with Gasteiger partial charge in [-0.05, 0) is 37.0 Å². The average Bonchev–Trinajstić information content (AvgIpc) is 2.83. The smallest absolute Gasteiger partial charge is 0.232 e. The average molecular weight is 229 g/mol. The summed E-state index contributed by atoms with van der Waals surface area (Å²) in [5.41, 5.74) is 1.54. The largest absolute Gasteiger partial charge is 0.326 e. The maximum absolute atomic E-state index is 11.7. The van der Waals surface area contributed by atoms with Gasteiger partial charge < -0.3 is 5.32 Å². The second-order valence-corrected chi connectivity index (χ2v) is 4.14. The molecule has 1 aromatic rings. The summed E-state index contributed by atoms with van der Waals surface area (Å²) in [6, 6.07) is 9.17. The molecule has 1 aliphatic rings. The fourth-order valence-electron chi connectivity index (χ4n) is 1.91. The standard InChI is InChI=1S/C14H15NO2/c16-13(11-6-4-5-7-11)10-14(17)15-12-8-2-1-3-9-12/h1-3,6,8-9H,4-5,7,10H2,(H,15,17). The van der Waals surface area contributed by atoms with Crippen LogP contribution in [0.15, 0.2) is 42.0 Å².